The third-order valence-corrected chi connectivity index (χ3v) is 3.41. The monoisotopic (exact) mass is 391 g/mol. The fourth-order valence-corrected chi connectivity index (χ4v) is 2.30. The van der Waals surface area contributed by atoms with Crippen LogP contribution in [-0.4, -0.2) is 17.5 Å². The number of carbonyl (C=O) groups is 1. The third kappa shape index (κ3) is 4.92. The van der Waals surface area contributed by atoms with Crippen molar-refractivity contribution in [2.75, 3.05) is 6.61 Å². The van der Waals surface area contributed by atoms with E-state index in [9.17, 15) is 14.9 Å². The molecule has 0 radical (unpaired) electrons. The molecule has 0 aromatic heterocycles. The second kappa shape index (κ2) is 8.26. The molecule has 0 bridgehead atoms. The fourth-order valence-electron chi connectivity index (χ4n) is 1.90. The lowest BCUT2D eigenvalue weighted by molar-refractivity contribution is -0.400. The minimum absolute atomic E-state index is 0.250. The first-order chi connectivity index (χ1) is 11.5. The first-order valence-electron chi connectivity index (χ1n) is 7.06. The average Bonchev–Trinajstić information content (AvgIpc) is 2.55. The second-order valence-corrected chi connectivity index (χ2v) is 5.56. The first-order valence-corrected chi connectivity index (χ1v) is 7.85. The standard InChI is InChI=1S/C17H14BrNO5/c1-2-23-16-10-12(8-9-19(21)22)6-7-15(16)24-17(20)13-4-3-5-14(18)11-13/h3-11H,2H2,1H3. The number of hydrogen-bond donors (Lipinski definition) is 0. The van der Waals surface area contributed by atoms with Crippen LogP contribution in [0.5, 0.6) is 11.5 Å². The fraction of sp³-hybridized carbons (Fsp3) is 0.118. The Balaban J connectivity index is 2.25. The maximum absolute atomic E-state index is 12.2. The summed E-state index contributed by atoms with van der Waals surface area (Å²) in [4.78, 5) is 22.1. The zero-order valence-corrected chi connectivity index (χ0v) is 14.4. The van der Waals surface area contributed by atoms with Crippen molar-refractivity contribution in [3.8, 4) is 11.5 Å². The molecule has 0 aliphatic carbocycles. The number of benzene rings is 2. The van der Waals surface area contributed by atoms with Gasteiger partial charge in [0, 0.05) is 10.5 Å². The lowest BCUT2D eigenvalue weighted by Gasteiger charge is -2.11. The summed E-state index contributed by atoms with van der Waals surface area (Å²) in [7, 11) is 0. The first kappa shape index (κ1) is 17.7. The Hall–Kier alpha value is -2.67. The summed E-state index contributed by atoms with van der Waals surface area (Å²) < 4.78 is 11.6. The van der Waals surface area contributed by atoms with E-state index in [0.29, 0.717) is 23.5 Å². The van der Waals surface area contributed by atoms with Gasteiger partial charge in [0.2, 0.25) is 6.20 Å². The highest BCUT2D eigenvalue weighted by Gasteiger charge is 2.13. The molecule has 2 aromatic rings. The zero-order valence-electron chi connectivity index (χ0n) is 12.8. The van der Waals surface area contributed by atoms with Crippen LogP contribution < -0.4 is 9.47 Å². The van der Waals surface area contributed by atoms with Gasteiger partial charge in [-0.05, 0) is 42.8 Å². The normalized spacial score (nSPS) is 10.6. The van der Waals surface area contributed by atoms with Crippen molar-refractivity contribution in [3.63, 3.8) is 0 Å². The molecule has 2 rings (SSSR count). The Morgan fingerprint density at radius 1 is 1.25 bits per heavy atom. The number of carbonyl (C=O) groups excluding carboxylic acids is 1. The van der Waals surface area contributed by atoms with Crippen molar-refractivity contribution in [1.82, 2.24) is 0 Å². The molecule has 0 spiro atoms. The van der Waals surface area contributed by atoms with Gasteiger partial charge in [-0.2, -0.15) is 0 Å². The number of esters is 1. The van der Waals surface area contributed by atoms with Crippen LogP contribution >= 0.6 is 15.9 Å². The Labute approximate surface area is 147 Å². The molecule has 0 atom stereocenters. The molecule has 0 aliphatic heterocycles. The molecular formula is C17H14BrNO5. The molecular weight excluding hydrogens is 378 g/mol. The van der Waals surface area contributed by atoms with Gasteiger partial charge in [0.05, 0.1) is 17.1 Å². The van der Waals surface area contributed by atoms with Crippen molar-refractivity contribution in [2.45, 2.75) is 6.92 Å². The maximum Gasteiger partial charge on any atom is 0.343 e. The van der Waals surface area contributed by atoms with Crippen LogP contribution in [0.25, 0.3) is 6.08 Å². The van der Waals surface area contributed by atoms with E-state index in [4.69, 9.17) is 9.47 Å². The van der Waals surface area contributed by atoms with E-state index >= 15 is 0 Å². The molecule has 0 unspecified atom stereocenters. The molecule has 0 amide bonds. The van der Waals surface area contributed by atoms with Crippen molar-refractivity contribution in [2.24, 2.45) is 0 Å². The van der Waals surface area contributed by atoms with Gasteiger partial charge in [-0.1, -0.05) is 28.1 Å². The predicted molar refractivity (Wildman–Crippen MR) is 92.7 cm³/mol. The Morgan fingerprint density at radius 3 is 2.71 bits per heavy atom. The number of halogens is 1. The molecule has 0 saturated carbocycles. The third-order valence-electron chi connectivity index (χ3n) is 2.92. The summed E-state index contributed by atoms with van der Waals surface area (Å²) in [6.45, 7) is 2.16. The van der Waals surface area contributed by atoms with Crippen molar-refractivity contribution in [3.05, 3.63) is 74.4 Å². The van der Waals surface area contributed by atoms with Gasteiger partial charge in [0.1, 0.15) is 0 Å². The van der Waals surface area contributed by atoms with E-state index in [2.05, 4.69) is 15.9 Å². The van der Waals surface area contributed by atoms with Gasteiger partial charge >= 0.3 is 5.97 Å². The molecule has 7 heteroatoms. The second-order valence-electron chi connectivity index (χ2n) is 4.64. The molecule has 0 heterocycles. The van der Waals surface area contributed by atoms with E-state index in [1.807, 2.05) is 0 Å². The van der Waals surface area contributed by atoms with Crippen LogP contribution in [0.1, 0.15) is 22.8 Å². The van der Waals surface area contributed by atoms with E-state index in [1.54, 1.807) is 49.4 Å². The molecule has 0 fully saturated rings. The van der Waals surface area contributed by atoms with Crippen LogP contribution in [0.3, 0.4) is 0 Å². The topological polar surface area (TPSA) is 78.7 Å². The summed E-state index contributed by atoms with van der Waals surface area (Å²) in [5.41, 5.74) is 0.960. The number of nitro groups is 1. The summed E-state index contributed by atoms with van der Waals surface area (Å²) in [6, 6.07) is 11.5. The molecule has 24 heavy (non-hydrogen) atoms. The summed E-state index contributed by atoms with van der Waals surface area (Å²) in [5.74, 6) is 0.0669. The quantitative estimate of drug-likeness (QED) is 0.317. The minimum Gasteiger partial charge on any atom is -0.490 e. The Bertz CT molecular complexity index is 788. The van der Waals surface area contributed by atoms with Crippen LogP contribution in [0.2, 0.25) is 0 Å². The lowest BCUT2D eigenvalue weighted by Crippen LogP contribution is -2.09. The van der Waals surface area contributed by atoms with Crippen molar-refractivity contribution >= 4 is 28.0 Å². The highest BCUT2D eigenvalue weighted by molar-refractivity contribution is 9.10. The van der Waals surface area contributed by atoms with E-state index in [0.717, 1.165) is 10.7 Å². The Morgan fingerprint density at radius 2 is 2.04 bits per heavy atom. The number of rotatable bonds is 6. The smallest absolute Gasteiger partial charge is 0.343 e. The maximum atomic E-state index is 12.2. The molecule has 0 N–H and O–H groups in total. The van der Waals surface area contributed by atoms with Gasteiger partial charge in [-0.3, -0.25) is 10.1 Å². The lowest BCUT2D eigenvalue weighted by atomic mass is 10.2. The minimum atomic E-state index is -0.554. The largest absolute Gasteiger partial charge is 0.490 e. The van der Waals surface area contributed by atoms with E-state index in [-0.39, 0.29) is 5.75 Å². The predicted octanol–water partition coefficient (Wildman–Crippen LogP) is 4.31. The number of hydrogen-bond acceptors (Lipinski definition) is 5. The number of nitrogens with zero attached hydrogens (tertiary/aromatic N) is 1. The molecule has 0 aliphatic rings. The zero-order chi connectivity index (χ0) is 17.5. The van der Waals surface area contributed by atoms with Crippen molar-refractivity contribution in [1.29, 1.82) is 0 Å². The van der Waals surface area contributed by atoms with Crippen LogP contribution in [0.15, 0.2) is 53.1 Å². The highest BCUT2D eigenvalue weighted by atomic mass is 79.9. The van der Waals surface area contributed by atoms with Crippen LogP contribution in [-0.2, 0) is 0 Å². The van der Waals surface area contributed by atoms with Crippen LogP contribution in [0, 0.1) is 10.1 Å². The Kier molecular flexibility index (Phi) is 6.08. The van der Waals surface area contributed by atoms with Gasteiger partial charge in [-0.15, -0.1) is 0 Å². The van der Waals surface area contributed by atoms with Gasteiger partial charge < -0.3 is 9.47 Å². The molecule has 2 aromatic carbocycles. The van der Waals surface area contributed by atoms with Gasteiger partial charge in [0.25, 0.3) is 0 Å². The van der Waals surface area contributed by atoms with Crippen LogP contribution in [0.4, 0.5) is 0 Å². The van der Waals surface area contributed by atoms with Gasteiger partial charge in [-0.25, -0.2) is 4.79 Å². The highest BCUT2D eigenvalue weighted by Crippen LogP contribution is 2.30. The molecule has 6 nitrogen and oxygen atoms in total. The SMILES string of the molecule is CCOc1cc(C=C[N+](=O)[O-])ccc1OC(=O)c1cccc(Br)c1. The van der Waals surface area contributed by atoms with E-state index < -0.39 is 10.9 Å². The van der Waals surface area contributed by atoms with Crippen molar-refractivity contribution < 1.29 is 19.2 Å². The summed E-state index contributed by atoms with van der Waals surface area (Å²) >= 11 is 3.30. The van der Waals surface area contributed by atoms with Gasteiger partial charge in [0.15, 0.2) is 11.5 Å². The number of ether oxygens (including phenoxy) is 2. The van der Waals surface area contributed by atoms with E-state index in [1.165, 1.54) is 6.08 Å². The molecule has 0 saturated heterocycles. The summed E-state index contributed by atoms with van der Waals surface area (Å²) in [5, 5.41) is 10.4. The average molecular weight is 392 g/mol. The molecule has 124 valence electrons. The summed E-state index contributed by atoms with van der Waals surface area (Å²) in [6.07, 6.45) is 2.17.